The Hall–Kier alpha value is -3.76. The molecule has 1 aromatic heterocycles. The van der Waals surface area contributed by atoms with E-state index < -0.39 is 34.0 Å². The average Bonchev–Trinajstić information content (AvgIpc) is 3.44. The molecular formula is C28H32N4O5S. The number of methoxy groups -OCH3 is 1. The summed E-state index contributed by atoms with van der Waals surface area (Å²) in [4.78, 5) is 32.0. The van der Waals surface area contributed by atoms with Crippen LogP contribution in [0, 0.1) is 6.92 Å². The number of benzene rings is 2. The molecule has 1 saturated heterocycles. The van der Waals surface area contributed by atoms with Crippen molar-refractivity contribution in [1.82, 2.24) is 14.6 Å². The fourth-order valence-corrected chi connectivity index (χ4v) is 6.20. The topological polar surface area (TPSA) is 109 Å². The maximum absolute atomic E-state index is 13.3. The molecule has 2 aromatic carbocycles. The Kier molecular flexibility index (Phi) is 8.43. The van der Waals surface area contributed by atoms with Crippen molar-refractivity contribution >= 4 is 33.3 Å². The highest BCUT2D eigenvalue weighted by molar-refractivity contribution is 7.89. The third kappa shape index (κ3) is 6.03. The van der Waals surface area contributed by atoms with E-state index in [0.29, 0.717) is 12.8 Å². The van der Waals surface area contributed by atoms with Crippen LogP contribution in [0.15, 0.2) is 78.0 Å². The van der Waals surface area contributed by atoms with Crippen LogP contribution in [0.4, 0.5) is 11.4 Å². The molecule has 3 aromatic rings. The molecule has 2 atom stereocenters. The van der Waals surface area contributed by atoms with Crippen LogP contribution in [0.25, 0.3) is 0 Å². The molecule has 0 aliphatic carbocycles. The Balaban J connectivity index is 1.47. The lowest BCUT2D eigenvalue weighted by molar-refractivity contribution is -0.145. The van der Waals surface area contributed by atoms with Crippen molar-refractivity contribution in [2.45, 2.75) is 43.2 Å². The summed E-state index contributed by atoms with van der Waals surface area (Å²) in [5.74, 6) is -1.11. The van der Waals surface area contributed by atoms with Gasteiger partial charge in [-0.3, -0.25) is 9.78 Å². The number of carbonyl (C=O) groups is 2. The highest BCUT2D eigenvalue weighted by atomic mass is 32.2. The number of anilines is 2. The summed E-state index contributed by atoms with van der Waals surface area (Å²) in [6.07, 6.45) is 4.58. The highest BCUT2D eigenvalue weighted by Crippen LogP contribution is 2.27. The first-order chi connectivity index (χ1) is 18.2. The van der Waals surface area contributed by atoms with Crippen molar-refractivity contribution in [3.8, 4) is 0 Å². The smallest absolute Gasteiger partial charge is 0.328 e. The van der Waals surface area contributed by atoms with Crippen molar-refractivity contribution < 1.29 is 22.7 Å². The first-order valence-corrected chi connectivity index (χ1v) is 13.8. The minimum atomic E-state index is -3.86. The fraction of sp³-hybridized carbons (Fsp3) is 0.321. The van der Waals surface area contributed by atoms with Gasteiger partial charge in [0.05, 0.1) is 12.0 Å². The van der Waals surface area contributed by atoms with E-state index in [1.54, 1.807) is 36.7 Å². The fourth-order valence-electron chi connectivity index (χ4n) is 4.55. The van der Waals surface area contributed by atoms with Gasteiger partial charge in [0.25, 0.3) is 0 Å². The first kappa shape index (κ1) is 27.3. The Morgan fingerprint density at radius 1 is 1.05 bits per heavy atom. The van der Waals surface area contributed by atoms with Crippen molar-refractivity contribution in [1.29, 1.82) is 0 Å². The van der Waals surface area contributed by atoms with Crippen LogP contribution in [0.1, 0.15) is 24.0 Å². The lowest BCUT2D eigenvalue weighted by atomic mass is 10.0. The van der Waals surface area contributed by atoms with E-state index in [-0.39, 0.29) is 17.9 Å². The zero-order valence-electron chi connectivity index (χ0n) is 21.7. The Morgan fingerprint density at radius 3 is 2.32 bits per heavy atom. The molecule has 2 heterocycles. The summed E-state index contributed by atoms with van der Waals surface area (Å²) in [6.45, 7) is 2.12. The van der Waals surface area contributed by atoms with Crippen LogP contribution in [0.3, 0.4) is 0 Å². The zero-order valence-corrected chi connectivity index (χ0v) is 22.5. The number of hydrogen-bond donors (Lipinski definition) is 1. The zero-order chi connectivity index (χ0) is 27.3. The summed E-state index contributed by atoms with van der Waals surface area (Å²) in [7, 11) is -0.652. The second-order valence-corrected chi connectivity index (χ2v) is 11.2. The van der Waals surface area contributed by atoms with Gasteiger partial charge in [-0.15, -0.1) is 0 Å². The van der Waals surface area contributed by atoms with Gasteiger partial charge in [-0.05, 0) is 61.7 Å². The van der Waals surface area contributed by atoms with Gasteiger partial charge in [0, 0.05) is 43.8 Å². The second kappa shape index (κ2) is 11.7. The Bertz CT molecular complexity index is 1360. The lowest BCUT2D eigenvalue weighted by Crippen LogP contribution is -2.51. The Morgan fingerprint density at radius 2 is 1.68 bits per heavy atom. The highest BCUT2D eigenvalue weighted by Gasteiger charge is 2.40. The molecule has 0 unspecified atom stereocenters. The predicted octanol–water partition coefficient (Wildman–Crippen LogP) is 3.21. The number of aryl methyl sites for hydroxylation is 1. The largest absolute Gasteiger partial charge is 0.467 e. The SMILES string of the molecule is COC(=O)[C@H](Cc1ccc(N(C)c2ccncc2)cc1)NC(=O)[C@@H]1CCCN1S(=O)(=O)c1ccc(C)cc1. The summed E-state index contributed by atoms with van der Waals surface area (Å²) in [5.41, 5.74) is 3.69. The van der Waals surface area contributed by atoms with E-state index >= 15 is 0 Å². The number of carbonyl (C=O) groups excluding carboxylic acids is 2. The van der Waals surface area contributed by atoms with Gasteiger partial charge >= 0.3 is 5.97 Å². The summed E-state index contributed by atoms with van der Waals surface area (Å²) in [5, 5.41) is 2.75. The molecular weight excluding hydrogens is 504 g/mol. The number of amides is 1. The van der Waals surface area contributed by atoms with Crippen LogP contribution in [0.5, 0.6) is 0 Å². The van der Waals surface area contributed by atoms with E-state index in [9.17, 15) is 18.0 Å². The molecule has 1 aliphatic heterocycles. The summed E-state index contributed by atoms with van der Waals surface area (Å²) in [6, 6.07) is 16.1. The van der Waals surface area contributed by atoms with Crippen molar-refractivity contribution in [3.63, 3.8) is 0 Å². The molecule has 38 heavy (non-hydrogen) atoms. The summed E-state index contributed by atoms with van der Waals surface area (Å²) < 4.78 is 32.7. The van der Waals surface area contributed by atoms with E-state index in [1.807, 2.05) is 55.3 Å². The normalized spacial score (nSPS) is 16.6. The van der Waals surface area contributed by atoms with Crippen LogP contribution in [0.2, 0.25) is 0 Å². The Labute approximate surface area is 223 Å². The molecule has 10 heteroatoms. The molecule has 4 rings (SSSR count). The quantitative estimate of drug-likeness (QED) is 0.418. The van der Waals surface area contributed by atoms with E-state index in [4.69, 9.17) is 4.74 Å². The number of ether oxygens (including phenoxy) is 1. The standard InChI is InChI=1S/C28H32N4O5S/c1-20-6-12-24(13-7-20)38(35,36)32-18-4-5-26(32)27(33)30-25(28(34)37-3)19-21-8-10-22(11-9-21)31(2)23-14-16-29-17-15-23/h6-17,25-26H,4-5,18-19H2,1-3H3,(H,30,33)/t25-,26-/m0/s1. The number of aromatic nitrogens is 1. The van der Waals surface area contributed by atoms with E-state index in [1.165, 1.54) is 11.4 Å². The maximum Gasteiger partial charge on any atom is 0.328 e. The van der Waals surface area contributed by atoms with Gasteiger partial charge in [0.1, 0.15) is 12.1 Å². The molecule has 1 fully saturated rings. The molecule has 0 bridgehead atoms. The third-order valence-electron chi connectivity index (χ3n) is 6.75. The second-order valence-electron chi connectivity index (χ2n) is 9.31. The van der Waals surface area contributed by atoms with Crippen LogP contribution in [-0.4, -0.2) is 62.4 Å². The molecule has 1 N–H and O–H groups in total. The predicted molar refractivity (Wildman–Crippen MR) is 144 cm³/mol. The molecule has 1 amide bonds. The molecule has 0 spiro atoms. The van der Waals surface area contributed by atoms with E-state index in [2.05, 4.69) is 10.3 Å². The van der Waals surface area contributed by atoms with Gasteiger partial charge in [0.2, 0.25) is 15.9 Å². The minimum absolute atomic E-state index is 0.143. The van der Waals surface area contributed by atoms with Gasteiger partial charge < -0.3 is 15.0 Å². The van der Waals surface area contributed by atoms with Crippen molar-refractivity contribution in [2.75, 3.05) is 25.6 Å². The number of rotatable bonds is 9. The summed E-state index contributed by atoms with van der Waals surface area (Å²) >= 11 is 0. The number of nitrogens with zero attached hydrogens (tertiary/aromatic N) is 3. The van der Waals surface area contributed by atoms with Crippen LogP contribution < -0.4 is 10.2 Å². The average molecular weight is 537 g/mol. The van der Waals surface area contributed by atoms with Crippen LogP contribution >= 0.6 is 0 Å². The molecule has 9 nitrogen and oxygen atoms in total. The minimum Gasteiger partial charge on any atom is -0.467 e. The number of nitrogens with one attached hydrogen (secondary N) is 1. The molecule has 0 saturated carbocycles. The maximum atomic E-state index is 13.3. The number of hydrogen-bond acceptors (Lipinski definition) is 7. The number of sulfonamides is 1. The van der Waals surface area contributed by atoms with Gasteiger partial charge in [-0.2, -0.15) is 4.31 Å². The monoisotopic (exact) mass is 536 g/mol. The van der Waals surface area contributed by atoms with Crippen molar-refractivity contribution in [2.24, 2.45) is 0 Å². The van der Waals surface area contributed by atoms with Crippen molar-refractivity contribution in [3.05, 3.63) is 84.2 Å². The third-order valence-corrected chi connectivity index (χ3v) is 8.67. The first-order valence-electron chi connectivity index (χ1n) is 12.4. The lowest BCUT2D eigenvalue weighted by Gasteiger charge is -2.25. The van der Waals surface area contributed by atoms with Gasteiger partial charge in [-0.25, -0.2) is 13.2 Å². The van der Waals surface area contributed by atoms with Crippen LogP contribution in [-0.2, 0) is 30.8 Å². The number of esters is 1. The molecule has 0 radical (unpaired) electrons. The molecule has 200 valence electrons. The number of pyridine rings is 1. The molecule has 1 aliphatic rings. The van der Waals surface area contributed by atoms with Gasteiger partial charge in [-0.1, -0.05) is 29.8 Å². The van der Waals surface area contributed by atoms with E-state index in [0.717, 1.165) is 22.5 Å². The van der Waals surface area contributed by atoms with Gasteiger partial charge in [0.15, 0.2) is 0 Å².